The van der Waals surface area contributed by atoms with Gasteiger partial charge >= 0.3 is 0 Å². The molecule has 1 aromatic heterocycles. The van der Waals surface area contributed by atoms with Crippen LogP contribution in [0.2, 0.25) is 5.02 Å². The Hall–Kier alpha value is -1.83. The van der Waals surface area contributed by atoms with E-state index in [9.17, 15) is 0 Å². The van der Waals surface area contributed by atoms with Crippen molar-refractivity contribution in [3.63, 3.8) is 0 Å². The minimum atomic E-state index is 0.593. The maximum atomic E-state index is 6.08. The predicted molar refractivity (Wildman–Crippen MR) is 88.5 cm³/mol. The summed E-state index contributed by atoms with van der Waals surface area (Å²) in [6.07, 6.45) is 1.80. The SMILES string of the molecule is Cn1cc(Nc2ccc(Cl)cc2OCCN2CCOCC2)nn1. The number of halogens is 1. The van der Waals surface area contributed by atoms with Crippen LogP contribution < -0.4 is 10.1 Å². The van der Waals surface area contributed by atoms with Crippen molar-refractivity contribution < 1.29 is 9.47 Å². The van der Waals surface area contributed by atoms with Crippen LogP contribution in [0, 0.1) is 0 Å². The molecule has 23 heavy (non-hydrogen) atoms. The Morgan fingerprint density at radius 3 is 2.91 bits per heavy atom. The lowest BCUT2D eigenvalue weighted by atomic mass is 10.3. The van der Waals surface area contributed by atoms with Crippen molar-refractivity contribution in [1.82, 2.24) is 19.9 Å². The van der Waals surface area contributed by atoms with Crippen LogP contribution in [0.15, 0.2) is 24.4 Å². The molecule has 0 atom stereocenters. The Balaban J connectivity index is 1.61. The van der Waals surface area contributed by atoms with Crippen LogP contribution in [0.4, 0.5) is 11.5 Å². The van der Waals surface area contributed by atoms with Gasteiger partial charge in [0, 0.05) is 37.8 Å². The molecule has 8 heteroatoms. The van der Waals surface area contributed by atoms with Gasteiger partial charge in [0.15, 0.2) is 5.82 Å². The molecule has 1 aliphatic heterocycles. The lowest BCUT2D eigenvalue weighted by molar-refractivity contribution is 0.0323. The minimum Gasteiger partial charge on any atom is -0.490 e. The van der Waals surface area contributed by atoms with Gasteiger partial charge in [-0.3, -0.25) is 9.58 Å². The maximum Gasteiger partial charge on any atom is 0.173 e. The standard InChI is InChI=1S/C15H20ClN5O2/c1-20-11-15(18-19-20)17-13-3-2-12(16)10-14(13)23-9-6-21-4-7-22-8-5-21/h2-3,10-11,17H,4-9H2,1H3. The normalized spacial score (nSPS) is 15.6. The number of nitrogens with zero attached hydrogens (tertiary/aromatic N) is 4. The minimum absolute atomic E-state index is 0.593. The molecule has 1 aliphatic rings. The lowest BCUT2D eigenvalue weighted by Crippen LogP contribution is -2.38. The molecule has 124 valence electrons. The Bertz CT molecular complexity index is 643. The Kier molecular flexibility index (Phi) is 5.32. The molecule has 1 N–H and O–H groups in total. The molecule has 0 saturated carbocycles. The summed E-state index contributed by atoms with van der Waals surface area (Å²) in [4.78, 5) is 2.32. The van der Waals surface area contributed by atoms with Gasteiger partial charge in [0.2, 0.25) is 0 Å². The van der Waals surface area contributed by atoms with Gasteiger partial charge in [0.1, 0.15) is 12.4 Å². The van der Waals surface area contributed by atoms with Crippen molar-refractivity contribution in [2.24, 2.45) is 7.05 Å². The average molecular weight is 338 g/mol. The van der Waals surface area contributed by atoms with Crippen LogP contribution in [0.3, 0.4) is 0 Å². The highest BCUT2D eigenvalue weighted by atomic mass is 35.5. The van der Waals surface area contributed by atoms with E-state index in [0.29, 0.717) is 23.2 Å². The van der Waals surface area contributed by atoms with Gasteiger partial charge in [0.05, 0.1) is 25.1 Å². The van der Waals surface area contributed by atoms with Crippen LogP contribution in [0.5, 0.6) is 5.75 Å². The van der Waals surface area contributed by atoms with Gasteiger partial charge in [-0.15, -0.1) is 5.10 Å². The fraction of sp³-hybridized carbons (Fsp3) is 0.467. The molecule has 0 spiro atoms. The number of hydrogen-bond acceptors (Lipinski definition) is 6. The zero-order valence-corrected chi connectivity index (χ0v) is 13.8. The van der Waals surface area contributed by atoms with Crippen LogP contribution in [-0.2, 0) is 11.8 Å². The predicted octanol–water partition coefficient (Wildman–Crippen LogP) is 1.92. The topological polar surface area (TPSA) is 64.4 Å². The molecule has 0 aliphatic carbocycles. The number of aryl methyl sites for hydroxylation is 1. The van der Waals surface area contributed by atoms with E-state index in [1.165, 1.54) is 0 Å². The third kappa shape index (κ3) is 4.57. The van der Waals surface area contributed by atoms with Crippen molar-refractivity contribution in [3.05, 3.63) is 29.4 Å². The summed E-state index contributed by atoms with van der Waals surface area (Å²) in [6, 6.07) is 5.50. The second-order valence-electron chi connectivity index (χ2n) is 5.35. The van der Waals surface area contributed by atoms with E-state index in [1.54, 1.807) is 16.9 Å². The monoisotopic (exact) mass is 337 g/mol. The lowest BCUT2D eigenvalue weighted by Gasteiger charge is -2.26. The molecule has 3 rings (SSSR count). The van der Waals surface area contributed by atoms with Crippen molar-refractivity contribution in [2.45, 2.75) is 0 Å². The number of anilines is 2. The summed E-state index contributed by atoms with van der Waals surface area (Å²) in [5, 5.41) is 11.8. The van der Waals surface area contributed by atoms with Gasteiger partial charge in [0.25, 0.3) is 0 Å². The first-order valence-electron chi connectivity index (χ1n) is 7.56. The van der Waals surface area contributed by atoms with Gasteiger partial charge in [-0.2, -0.15) is 0 Å². The van der Waals surface area contributed by atoms with Crippen molar-refractivity contribution in [2.75, 3.05) is 44.8 Å². The summed E-state index contributed by atoms with van der Waals surface area (Å²) in [5.74, 6) is 1.37. The number of nitrogens with one attached hydrogen (secondary N) is 1. The van der Waals surface area contributed by atoms with Crippen LogP contribution >= 0.6 is 11.6 Å². The first-order valence-corrected chi connectivity index (χ1v) is 7.94. The molecule has 0 bridgehead atoms. The molecular formula is C15H20ClN5O2. The van der Waals surface area contributed by atoms with E-state index in [2.05, 4.69) is 20.5 Å². The third-order valence-electron chi connectivity index (χ3n) is 3.58. The molecule has 0 amide bonds. The number of ether oxygens (including phenoxy) is 2. The van der Waals surface area contributed by atoms with E-state index in [-0.39, 0.29) is 0 Å². The Labute approximate surface area is 140 Å². The van der Waals surface area contributed by atoms with Gasteiger partial charge in [-0.1, -0.05) is 16.8 Å². The summed E-state index contributed by atoms with van der Waals surface area (Å²) in [6.45, 7) is 4.93. The molecular weight excluding hydrogens is 318 g/mol. The van der Waals surface area contributed by atoms with Gasteiger partial charge in [-0.25, -0.2) is 0 Å². The third-order valence-corrected chi connectivity index (χ3v) is 3.81. The number of hydrogen-bond donors (Lipinski definition) is 1. The van der Waals surface area contributed by atoms with E-state index in [1.807, 2.05) is 19.2 Å². The highest BCUT2D eigenvalue weighted by molar-refractivity contribution is 6.30. The second-order valence-corrected chi connectivity index (χ2v) is 5.78. The van der Waals surface area contributed by atoms with Crippen LogP contribution in [-0.4, -0.2) is 59.3 Å². The molecule has 7 nitrogen and oxygen atoms in total. The summed E-state index contributed by atoms with van der Waals surface area (Å²) >= 11 is 6.08. The number of morpholine rings is 1. The maximum absolute atomic E-state index is 6.08. The van der Waals surface area contributed by atoms with Gasteiger partial charge in [-0.05, 0) is 12.1 Å². The molecule has 0 radical (unpaired) electrons. The molecule has 0 unspecified atom stereocenters. The fourth-order valence-corrected chi connectivity index (χ4v) is 2.53. The summed E-state index contributed by atoms with van der Waals surface area (Å²) in [5.41, 5.74) is 0.817. The molecule has 1 aromatic carbocycles. The van der Waals surface area contributed by atoms with Crippen molar-refractivity contribution in [3.8, 4) is 5.75 Å². The quantitative estimate of drug-likeness (QED) is 0.869. The van der Waals surface area contributed by atoms with E-state index < -0.39 is 0 Å². The highest BCUT2D eigenvalue weighted by Gasteiger charge is 2.11. The zero-order valence-electron chi connectivity index (χ0n) is 13.0. The summed E-state index contributed by atoms with van der Waals surface area (Å²) in [7, 11) is 1.82. The molecule has 1 fully saturated rings. The van der Waals surface area contributed by atoms with Crippen molar-refractivity contribution in [1.29, 1.82) is 0 Å². The second kappa shape index (κ2) is 7.63. The van der Waals surface area contributed by atoms with E-state index >= 15 is 0 Å². The number of rotatable bonds is 6. The highest BCUT2D eigenvalue weighted by Crippen LogP contribution is 2.30. The smallest absolute Gasteiger partial charge is 0.173 e. The zero-order chi connectivity index (χ0) is 16.1. The summed E-state index contributed by atoms with van der Waals surface area (Å²) < 4.78 is 12.9. The van der Waals surface area contributed by atoms with E-state index in [0.717, 1.165) is 38.5 Å². The molecule has 1 saturated heterocycles. The van der Waals surface area contributed by atoms with Crippen LogP contribution in [0.1, 0.15) is 0 Å². The Morgan fingerprint density at radius 1 is 1.35 bits per heavy atom. The van der Waals surface area contributed by atoms with Crippen LogP contribution in [0.25, 0.3) is 0 Å². The number of benzene rings is 1. The first-order chi connectivity index (χ1) is 11.2. The van der Waals surface area contributed by atoms with Crippen molar-refractivity contribution >= 4 is 23.1 Å². The molecule has 2 aromatic rings. The largest absolute Gasteiger partial charge is 0.490 e. The Morgan fingerprint density at radius 2 is 2.17 bits per heavy atom. The fourth-order valence-electron chi connectivity index (χ4n) is 2.37. The van der Waals surface area contributed by atoms with Gasteiger partial charge < -0.3 is 14.8 Å². The molecule has 2 heterocycles. The number of aromatic nitrogens is 3. The average Bonchev–Trinajstić information content (AvgIpc) is 2.96. The first kappa shape index (κ1) is 16.0. The van der Waals surface area contributed by atoms with E-state index in [4.69, 9.17) is 21.1 Å².